The Morgan fingerprint density at radius 3 is 2.80 bits per heavy atom. The molecule has 1 rings (SSSR count). The van der Waals surface area contributed by atoms with Gasteiger partial charge in [-0.1, -0.05) is 19.1 Å². The number of para-hydroxylation sites is 1. The van der Waals surface area contributed by atoms with E-state index in [0.29, 0.717) is 11.3 Å². The Bertz CT molecular complexity index is 485. The molecule has 20 heavy (non-hydrogen) atoms. The molecule has 5 heteroatoms. The summed E-state index contributed by atoms with van der Waals surface area (Å²) in [5.41, 5.74) is 0.444. The van der Waals surface area contributed by atoms with E-state index in [0.717, 1.165) is 12.2 Å². The van der Waals surface area contributed by atoms with Gasteiger partial charge >= 0.3 is 0 Å². The van der Waals surface area contributed by atoms with Crippen LogP contribution in [0.5, 0.6) is 5.75 Å². The number of carbonyl (C=O) groups is 1. The number of thioether (sulfide) groups is 1. The van der Waals surface area contributed by atoms with E-state index < -0.39 is 0 Å². The van der Waals surface area contributed by atoms with Gasteiger partial charge < -0.3 is 9.64 Å². The van der Waals surface area contributed by atoms with Gasteiger partial charge in [-0.2, -0.15) is 17.0 Å². The van der Waals surface area contributed by atoms with Crippen molar-refractivity contribution in [3.8, 4) is 11.8 Å². The monoisotopic (exact) mass is 292 g/mol. The van der Waals surface area contributed by atoms with Gasteiger partial charge in [0.25, 0.3) is 5.91 Å². The average Bonchev–Trinajstić information content (AvgIpc) is 2.49. The maximum absolute atomic E-state index is 12.1. The minimum absolute atomic E-state index is 0.0416. The van der Waals surface area contributed by atoms with Gasteiger partial charge in [-0.05, 0) is 24.8 Å². The zero-order valence-electron chi connectivity index (χ0n) is 12.1. The lowest BCUT2D eigenvalue weighted by Crippen LogP contribution is -2.40. The van der Waals surface area contributed by atoms with Crippen LogP contribution in [0.1, 0.15) is 18.9 Å². The molecule has 0 spiro atoms. The Morgan fingerprint density at radius 1 is 1.50 bits per heavy atom. The maximum Gasteiger partial charge on any atom is 0.260 e. The third-order valence-corrected chi connectivity index (χ3v) is 3.85. The van der Waals surface area contributed by atoms with Gasteiger partial charge in [0.1, 0.15) is 11.8 Å². The molecule has 0 bridgehead atoms. The fraction of sp³-hybridized carbons (Fsp3) is 0.467. The number of nitrogens with zero attached hydrogens (tertiary/aromatic N) is 2. The normalized spacial score (nSPS) is 11.5. The zero-order valence-corrected chi connectivity index (χ0v) is 12.9. The predicted octanol–water partition coefficient (Wildman–Crippen LogP) is 2.54. The summed E-state index contributed by atoms with van der Waals surface area (Å²) in [6.07, 6.45) is 2.94. The van der Waals surface area contributed by atoms with Gasteiger partial charge in [0.15, 0.2) is 6.61 Å². The molecule has 0 radical (unpaired) electrons. The van der Waals surface area contributed by atoms with E-state index in [2.05, 4.69) is 6.92 Å². The smallest absolute Gasteiger partial charge is 0.260 e. The Hall–Kier alpha value is -1.67. The van der Waals surface area contributed by atoms with Gasteiger partial charge in [0.2, 0.25) is 0 Å². The lowest BCUT2D eigenvalue weighted by molar-refractivity contribution is -0.133. The molecule has 0 aliphatic rings. The first kappa shape index (κ1) is 16.4. The number of carbonyl (C=O) groups excluding carboxylic acids is 1. The van der Waals surface area contributed by atoms with E-state index in [1.165, 1.54) is 0 Å². The molecule has 4 nitrogen and oxygen atoms in total. The van der Waals surface area contributed by atoms with Crippen molar-refractivity contribution in [2.45, 2.75) is 19.4 Å². The van der Waals surface area contributed by atoms with E-state index in [1.807, 2.05) is 12.3 Å². The van der Waals surface area contributed by atoms with Crippen LogP contribution in [-0.4, -0.2) is 42.5 Å². The molecule has 1 aromatic carbocycles. The van der Waals surface area contributed by atoms with Crippen molar-refractivity contribution in [1.29, 1.82) is 5.26 Å². The van der Waals surface area contributed by atoms with E-state index in [9.17, 15) is 4.79 Å². The fourth-order valence-corrected chi connectivity index (χ4v) is 2.67. The minimum atomic E-state index is -0.0707. The highest BCUT2D eigenvalue weighted by Crippen LogP contribution is 2.17. The van der Waals surface area contributed by atoms with E-state index in [4.69, 9.17) is 10.00 Å². The van der Waals surface area contributed by atoms with Crippen LogP contribution in [0.3, 0.4) is 0 Å². The molecular formula is C15H20N2O2S. The second kappa shape index (κ2) is 8.49. The van der Waals surface area contributed by atoms with Crippen molar-refractivity contribution >= 4 is 17.7 Å². The topological polar surface area (TPSA) is 53.3 Å². The molecule has 0 fully saturated rings. The summed E-state index contributed by atoms with van der Waals surface area (Å²) in [4.78, 5) is 13.8. The quantitative estimate of drug-likeness (QED) is 0.775. The largest absolute Gasteiger partial charge is 0.482 e. The van der Waals surface area contributed by atoms with E-state index in [-0.39, 0.29) is 18.6 Å². The highest BCUT2D eigenvalue weighted by atomic mass is 32.2. The molecule has 0 heterocycles. The van der Waals surface area contributed by atoms with Crippen molar-refractivity contribution in [2.75, 3.05) is 25.7 Å². The molecule has 1 aromatic rings. The minimum Gasteiger partial charge on any atom is -0.482 e. The Labute approximate surface area is 124 Å². The standard InChI is InChI=1S/C15H20N2O2S/c1-4-13(11-20-3)17(2)15(18)10-19-14-8-6-5-7-12(14)9-16/h5-8,13H,4,10-11H2,1-3H3. The second-order valence-electron chi connectivity index (χ2n) is 4.42. The van der Waals surface area contributed by atoms with Crippen LogP contribution >= 0.6 is 11.8 Å². The Balaban J connectivity index is 2.61. The van der Waals surface area contributed by atoms with Crippen LogP contribution in [0, 0.1) is 11.3 Å². The van der Waals surface area contributed by atoms with Gasteiger partial charge in [-0.15, -0.1) is 0 Å². The highest BCUT2D eigenvalue weighted by molar-refractivity contribution is 7.98. The van der Waals surface area contributed by atoms with Crippen LogP contribution in [0.15, 0.2) is 24.3 Å². The number of hydrogen-bond acceptors (Lipinski definition) is 4. The number of likely N-dealkylation sites (N-methyl/N-ethyl adjacent to an activating group) is 1. The van der Waals surface area contributed by atoms with Crippen LogP contribution in [-0.2, 0) is 4.79 Å². The first-order valence-corrected chi connectivity index (χ1v) is 7.89. The first-order chi connectivity index (χ1) is 9.63. The summed E-state index contributed by atoms with van der Waals surface area (Å²) in [5, 5.41) is 8.96. The van der Waals surface area contributed by atoms with E-state index in [1.54, 1.807) is 48.0 Å². The number of ether oxygens (including phenoxy) is 1. The number of nitriles is 1. The summed E-state index contributed by atoms with van der Waals surface area (Å²) in [6, 6.07) is 9.19. The van der Waals surface area contributed by atoms with Crippen LogP contribution in [0.4, 0.5) is 0 Å². The number of amides is 1. The Morgan fingerprint density at radius 2 is 2.20 bits per heavy atom. The van der Waals surface area contributed by atoms with Gasteiger partial charge in [-0.25, -0.2) is 0 Å². The van der Waals surface area contributed by atoms with Crippen LogP contribution in [0.2, 0.25) is 0 Å². The third kappa shape index (κ3) is 4.46. The van der Waals surface area contributed by atoms with Crippen LogP contribution in [0.25, 0.3) is 0 Å². The highest BCUT2D eigenvalue weighted by Gasteiger charge is 2.18. The molecule has 0 aromatic heterocycles. The summed E-state index contributed by atoms with van der Waals surface area (Å²) in [6.45, 7) is 2.02. The molecule has 108 valence electrons. The van der Waals surface area contributed by atoms with Crippen molar-refractivity contribution in [1.82, 2.24) is 4.90 Å². The fourth-order valence-electron chi connectivity index (χ4n) is 1.83. The zero-order chi connectivity index (χ0) is 15.0. The molecule has 1 atom stereocenters. The summed E-state index contributed by atoms with van der Waals surface area (Å²) < 4.78 is 5.46. The molecule has 1 amide bonds. The molecule has 0 N–H and O–H groups in total. The van der Waals surface area contributed by atoms with Crippen molar-refractivity contribution in [3.05, 3.63) is 29.8 Å². The van der Waals surface area contributed by atoms with Crippen molar-refractivity contribution in [3.63, 3.8) is 0 Å². The lowest BCUT2D eigenvalue weighted by Gasteiger charge is -2.26. The molecule has 0 aliphatic heterocycles. The number of rotatable bonds is 7. The summed E-state index contributed by atoms with van der Waals surface area (Å²) >= 11 is 1.72. The molecular weight excluding hydrogens is 272 g/mol. The van der Waals surface area contributed by atoms with Crippen molar-refractivity contribution in [2.24, 2.45) is 0 Å². The third-order valence-electron chi connectivity index (χ3n) is 3.13. The summed E-state index contributed by atoms with van der Waals surface area (Å²) in [7, 11) is 1.80. The predicted molar refractivity (Wildman–Crippen MR) is 81.9 cm³/mol. The molecule has 0 saturated carbocycles. The Kier molecular flexibility index (Phi) is 6.96. The number of hydrogen-bond donors (Lipinski definition) is 0. The molecule has 1 unspecified atom stereocenters. The lowest BCUT2D eigenvalue weighted by atomic mass is 10.2. The van der Waals surface area contributed by atoms with E-state index >= 15 is 0 Å². The summed E-state index contributed by atoms with van der Waals surface area (Å²) in [5.74, 6) is 1.29. The maximum atomic E-state index is 12.1. The van der Waals surface area contributed by atoms with Crippen LogP contribution < -0.4 is 4.74 Å². The van der Waals surface area contributed by atoms with Gasteiger partial charge in [0, 0.05) is 18.8 Å². The average molecular weight is 292 g/mol. The second-order valence-corrected chi connectivity index (χ2v) is 5.33. The molecule has 0 aliphatic carbocycles. The number of benzene rings is 1. The van der Waals surface area contributed by atoms with Crippen molar-refractivity contribution < 1.29 is 9.53 Å². The molecule has 0 saturated heterocycles. The first-order valence-electron chi connectivity index (χ1n) is 6.50. The SMILES string of the molecule is CCC(CSC)N(C)C(=O)COc1ccccc1C#N. The van der Waals surface area contributed by atoms with Gasteiger partial charge in [-0.3, -0.25) is 4.79 Å². The van der Waals surface area contributed by atoms with Gasteiger partial charge in [0.05, 0.1) is 5.56 Å².